The first-order chi connectivity index (χ1) is 9.68. The lowest BCUT2D eigenvalue weighted by atomic mass is 10.2. The van der Waals surface area contributed by atoms with Gasteiger partial charge in [-0.15, -0.1) is 0 Å². The molecule has 0 saturated carbocycles. The molecule has 0 heterocycles. The topological polar surface area (TPSA) is 35.9 Å². The molecule has 22 heavy (non-hydrogen) atoms. The fraction of sp³-hybridized carbons (Fsp3) is 0.300. The lowest BCUT2D eigenvalue weighted by molar-refractivity contribution is -0.249. The lowest BCUT2D eigenvalue weighted by Crippen LogP contribution is -2.47. The van der Waals surface area contributed by atoms with Gasteiger partial charge in [-0.3, -0.25) is 5.41 Å². The van der Waals surface area contributed by atoms with Gasteiger partial charge in [0.1, 0.15) is 0 Å². The van der Waals surface area contributed by atoms with Crippen LogP contribution in [0.25, 0.3) is 0 Å². The molecule has 0 aliphatic carbocycles. The molecule has 0 bridgehead atoms. The van der Waals surface area contributed by atoms with Gasteiger partial charge in [-0.1, -0.05) is 11.6 Å². The van der Waals surface area contributed by atoms with Crippen LogP contribution < -0.4 is 5.32 Å². The zero-order chi connectivity index (χ0) is 17.5. The van der Waals surface area contributed by atoms with Crippen LogP contribution in [0.3, 0.4) is 0 Å². The molecule has 0 aliphatic rings. The number of rotatable bonds is 2. The Labute approximate surface area is 131 Å². The van der Waals surface area contributed by atoms with Crippen molar-refractivity contribution < 1.29 is 35.1 Å². The summed E-state index contributed by atoms with van der Waals surface area (Å²) in [6.07, 6.45) is -10.8. The summed E-state index contributed by atoms with van der Waals surface area (Å²) in [6.45, 7) is 0. The maximum Gasteiger partial charge on any atom is 0.461 e. The summed E-state index contributed by atoms with van der Waals surface area (Å²) in [5.41, 5.74) is -1.97. The monoisotopic (exact) mass is 418 g/mol. The third-order valence-corrected chi connectivity index (χ3v) is 3.21. The van der Waals surface area contributed by atoms with Crippen molar-refractivity contribution in [3.05, 3.63) is 27.2 Å². The van der Waals surface area contributed by atoms with Crippen LogP contribution in [-0.2, 0) is 6.18 Å². The molecule has 0 radical (unpaired) electrons. The minimum atomic E-state index is -6.04. The van der Waals surface area contributed by atoms with Gasteiger partial charge in [0.2, 0.25) is 0 Å². The standard InChI is InChI=1S/C10H4BrClF8N2/c11-4-1-3(9(15,16)17)2-5(12)6(4)22-7(21)8(13,14)10(18,19)20/h1-2H,(H2,21,22). The first kappa shape index (κ1) is 18.9. The highest BCUT2D eigenvalue weighted by molar-refractivity contribution is 9.10. The van der Waals surface area contributed by atoms with Crippen molar-refractivity contribution in [2.45, 2.75) is 18.3 Å². The lowest BCUT2D eigenvalue weighted by Gasteiger charge is -2.22. The predicted octanol–water partition coefficient (Wildman–Crippen LogP) is 5.71. The average Bonchev–Trinajstić information content (AvgIpc) is 2.30. The summed E-state index contributed by atoms with van der Waals surface area (Å²) in [7, 11) is 0. The molecule has 0 saturated heterocycles. The van der Waals surface area contributed by atoms with Crippen molar-refractivity contribution in [2.75, 3.05) is 5.32 Å². The molecule has 2 nitrogen and oxygen atoms in total. The number of anilines is 1. The minimum absolute atomic E-state index is 0.327. The maximum atomic E-state index is 12.9. The number of hydrogen-bond donors (Lipinski definition) is 2. The van der Waals surface area contributed by atoms with Crippen molar-refractivity contribution in [1.29, 1.82) is 5.41 Å². The summed E-state index contributed by atoms with van der Waals surface area (Å²) in [5, 5.41) is 7.36. The van der Waals surface area contributed by atoms with Gasteiger partial charge < -0.3 is 5.32 Å². The summed E-state index contributed by atoms with van der Waals surface area (Å²) >= 11 is 8.00. The number of hydrogen-bond acceptors (Lipinski definition) is 1. The summed E-state index contributed by atoms with van der Waals surface area (Å²) < 4.78 is 98.9. The zero-order valence-electron chi connectivity index (χ0n) is 9.93. The fourth-order valence-corrected chi connectivity index (χ4v) is 2.14. The van der Waals surface area contributed by atoms with Crippen molar-refractivity contribution in [2.24, 2.45) is 0 Å². The smallest absolute Gasteiger partial charge is 0.337 e. The summed E-state index contributed by atoms with van der Waals surface area (Å²) in [6, 6.07) is 0.751. The van der Waals surface area contributed by atoms with Crippen LogP contribution >= 0.6 is 27.5 Å². The van der Waals surface area contributed by atoms with E-state index in [0.717, 1.165) is 0 Å². The van der Waals surface area contributed by atoms with E-state index in [1.165, 1.54) is 5.32 Å². The Kier molecular flexibility index (Phi) is 5.03. The second-order valence-corrected chi connectivity index (χ2v) is 5.15. The molecule has 0 amide bonds. The molecule has 1 aromatic carbocycles. The summed E-state index contributed by atoms with van der Waals surface area (Å²) in [4.78, 5) is 0. The Morgan fingerprint density at radius 3 is 1.91 bits per heavy atom. The molecule has 0 spiro atoms. The van der Waals surface area contributed by atoms with E-state index in [9.17, 15) is 35.1 Å². The zero-order valence-corrected chi connectivity index (χ0v) is 12.3. The van der Waals surface area contributed by atoms with Gasteiger partial charge in [-0.2, -0.15) is 35.1 Å². The van der Waals surface area contributed by atoms with E-state index < -0.39 is 44.9 Å². The van der Waals surface area contributed by atoms with E-state index in [1.807, 2.05) is 0 Å². The van der Waals surface area contributed by atoms with E-state index in [0.29, 0.717) is 12.1 Å². The van der Waals surface area contributed by atoms with Gasteiger partial charge in [-0.05, 0) is 28.1 Å². The molecule has 12 heteroatoms. The average molecular weight is 419 g/mol. The molecule has 0 aliphatic heterocycles. The Bertz CT molecular complexity index is 573. The van der Waals surface area contributed by atoms with Crippen LogP contribution in [0.4, 0.5) is 40.8 Å². The van der Waals surface area contributed by atoms with Gasteiger partial charge in [-0.25, -0.2) is 0 Å². The predicted molar refractivity (Wildman–Crippen MR) is 66.5 cm³/mol. The molecule has 124 valence electrons. The van der Waals surface area contributed by atoms with Gasteiger partial charge in [0.15, 0.2) is 5.84 Å². The van der Waals surface area contributed by atoms with Gasteiger partial charge in [0, 0.05) is 4.47 Å². The van der Waals surface area contributed by atoms with E-state index in [2.05, 4.69) is 15.9 Å². The molecule has 0 fully saturated rings. The first-order valence-electron chi connectivity index (χ1n) is 5.04. The van der Waals surface area contributed by atoms with E-state index in [4.69, 9.17) is 17.0 Å². The Morgan fingerprint density at radius 2 is 1.55 bits per heavy atom. The second-order valence-electron chi connectivity index (χ2n) is 3.88. The first-order valence-corrected chi connectivity index (χ1v) is 6.22. The largest absolute Gasteiger partial charge is 0.461 e. The van der Waals surface area contributed by atoms with Crippen molar-refractivity contribution in [3.8, 4) is 0 Å². The van der Waals surface area contributed by atoms with Crippen molar-refractivity contribution in [1.82, 2.24) is 0 Å². The number of amidine groups is 1. The SMILES string of the molecule is N=C(Nc1c(Cl)cc(C(F)(F)F)cc1Br)C(F)(F)C(F)(F)F. The van der Waals surface area contributed by atoms with E-state index in [-0.39, 0.29) is 0 Å². The van der Waals surface area contributed by atoms with Gasteiger partial charge in [0.25, 0.3) is 0 Å². The van der Waals surface area contributed by atoms with Crippen LogP contribution in [0.1, 0.15) is 5.56 Å². The molecule has 0 unspecified atom stereocenters. The normalized spacial score (nSPS) is 13.2. The Morgan fingerprint density at radius 1 is 1.05 bits per heavy atom. The Balaban J connectivity index is 3.18. The van der Waals surface area contributed by atoms with Gasteiger partial charge >= 0.3 is 18.3 Å². The molecule has 1 aromatic rings. The second kappa shape index (κ2) is 5.84. The Hall–Kier alpha value is -1.10. The van der Waals surface area contributed by atoms with E-state index in [1.54, 1.807) is 0 Å². The number of nitrogens with one attached hydrogen (secondary N) is 2. The van der Waals surface area contributed by atoms with Crippen LogP contribution in [-0.4, -0.2) is 17.9 Å². The third kappa shape index (κ3) is 3.80. The molecule has 2 N–H and O–H groups in total. The molecular formula is C10H4BrClF8N2. The summed E-state index contributed by atoms with van der Waals surface area (Å²) in [5.74, 6) is -7.79. The van der Waals surface area contributed by atoms with Crippen LogP contribution in [0, 0.1) is 5.41 Å². The number of benzene rings is 1. The molecular weight excluding hydrogens is 415 g/mol. The van der Waals surface area contributed by atoms with Crippen molar-refractivity contribution in [3.63, 3.8) is 0 Å². The van der Waals surface area contributed by atoms with Gasteiger partial charge in [0.05, 0.1) is 16.3 Å². The van der Waals surface area contributed by atoms with Crippen LogP contribution in [0.15, 0.2) is 16.6 Å². The minimum Gasteiger partial charge on any atom is -0.337 e. The maximum absolute atomic E-state index is 12.9. The highest BCUT2D eigenvalue weighted by atomic mass is 79.9. The fourth-order valence-electron chi connectivity index (χ4n) is 1.20. The van der Waals surface area contributed by atoms with Crippen LogP contribution in [0.2, 0.25) is 5.02 Å². The van der Waals surface area contributed by atoms with Crippen molar-refractivity contribution >= 4 is 39.1 Å². The molecule has 0 aromatic heterocycles. The number of halogens is 10. The third-order valence-electron chi connectivity index (χ3n) is 2.29. The number of alkyl halides is 8. The van der Waals surface area contributed by atoms with E-state index >= 15 is 0 Å². The quantitative estimate of drug-likeness (QED) is 0.360. The molecule has 1 rings (SSSR count). The highest BCUT2D eigenvalue weighted by Crippen LogP contribution is 2.41. The molecule has 0 atom stereocenters. The highest BCUT2D eigenvalue weighted by Gasteiger charge is 2.61. The van der Waals surface area contributed by atoms with Crippen LogP contribution in [0.5, 0.6) is 0 Å².